The topological polar surface area (TPSA) is 93.8 Å². The molecule has 0 aliphatic carbocycles. The summed E-state index contributed by atoms with van der Waals surface area (Å²) in [5.74, 6) is 0.192. The van der Waals surface area contributed by atoms with Crippen molar-refractivity contribution in [1.29, 1.82) is 0 Å². The Balaban J connectivity index is 2.45. The third-order valence-electron chi connectivity index (χ3n) is 2.48. The number of hydrogen-bond donors (Lipinski definition) is 1. The number of anilines is 1. The van der Waals surface area contributed by atoms with E-state index in [4.69, 9.17) is 0 Å². The summed E-state index contributed by atoms with van der Waals surface area (Å²) in [5, 5.41) is 14.8. The fraction of sp³-hybridized carbons (Fsp3) is 0.250. The molecule has 0 bridgehead atoms. The monoisotopic (exact) mass is 291 g/mol. The Bertz CT molecular complexity index is 642. The summed E-state index contributed by atoms with van der Waals surface area (Å²) in [6.07, 6.45) is 1.30. The van der Waals surface area contributed by atoms with Crippen molar-refractivity contribution in [3.05, 3.63) is 39.8 Å². The third kappa shape index (κ3) is 3.02. The first-order chi connectivity index (χ1) is 9.51. The molecule has 104 valence electrons. The highest BCUT2D eigenvalue weighted by Gasteiger charge is 2.23. The van der Waals surface area contributed by atoms with Gasteiger partial charge in [0.05, 0.1) is 4.92 Å². The predicted molar refractivity (Wildman–Crippen MR) is 76.1 cm³/mol. The second kappa shape index (κ2) is 5.83. The van der Waals surface area contributed by atoms with Crippen molar-refractivity contribution < 1.29 is 4.92 Å². The standard InChI is InChI=1S/C12H13N5O2S/c1-7-4-8(2)16-9(5-7)20-12-10(17(18)19)11(13-3)14-6-15-12/h4-6H,1-3H3,(H,13,14,15). The second-order valence-corrected chi connectivity index (χ2v) is 5.12. The summed E-state index contributed by atoms with van der Waals surface area (Å²) in [6, 6.07) is 3.81. The molecule has 8 heteroatoms. The van der Waals surface area contributed by atoms with E-state index < -0.39 is 4.92 Å². The van der Waals surface area contributed by atoms with Gasteiger partial charge in [-0.25, -0.2) is 15.0 Å². The molecule has 0 radical (unpaired) electrons. The number of rotatable bonds is 4. The Morgan fingerprint density at radius 2 is 2.05 bits per heavy atom. The largest absolute Gasteiger partial charge is 0.367 e. The minimum Gasteiger partial charge on any atom is -0.367 e. The van der Waals surface area contributed by atoms with Gasteiger partial charge in [0.2, 0.25) is 5.82 Å². The molecule has 0 atom stereocenters. The Hall–Kier alpha value is -2.22. The lowest BCUT2D eigenvalue weighted by Crippen LogP contribution is -2.02. The lowest BCUT2D eigenvalue weighted by molar-refractivity contribution is -0.387. The quantitative estimate of drug-likeness (QED) is 0.525. The average Bonchev–Trinajstić information content (AvgIpc) is 2.36. The molecule has 20 heavy (non-hydrogen) atoms. The molecule has 7 nitrogen and oxygen atoms in total. The Kier molecular flexibility index (Phi) is 4.14. The van der Waals surface area contributed by atoms with Crippen molar-refractivity contribution >= 4 is 23.3 Å². The van der Waals surface area contributed by atoms with Gasteiger partial charge >= 0.3 is 5.69 Å². The minimum absolute atomic E-state index is 0.138. The van der Waals surface area contributed by atoms with Gasteiger partial charge in [0, 0.05) is 12.7 Å². The van der Waals surface area contributed by atoms with Crippen LogP contribution in [-0.4, -0.2) is 26.9 Å². The lowest BCUT2D eigenvalue weighted by atomic mass is 10.3. The molecular weight excluding hydrogens is 278 g/mol. The normalized spacial score (nSPS) is 10.3. The molecule has 0 aromatic carbocycles. The Morgan fingerprint density at radius 3 is 2.65 bits per heavy atom. The van der Waals surface area contributed by atoms with E-state index in [1.807, 2.05) is 26.0 Å². The van der Waals surface area contributed by atoms with Crippen LogP contribution in [0.4, 0.5) is 11.5 Å². The predicted octanol–water partition coefficient (Wildman–Crippen LogP) is 2.59. The van der Waals surface area contributed by atoms with Gasteiger partial charge in [-0.2, -0.15) is 0 Å². The number of nitro groups is 1. The highest BCUT2D eigenvalue weighted by Crippen LogP contribution is 2.35. The van der Waals surface area contributed by atoms with E-state index in [1.54, 1.807) is 7.05 Å². The smallest absolute Gasteiger partial charge is 0.343 e. The fourth-order valence-corrected chi connectivity index (χ4v) is 2.74. The number of nitrogens with one attached hydrogen (secondary N) is 1. The van der Waals surface area contributed by atoms with E-state index in [0.717, 1.165) is 23.0 Å². The molecule has 0 fully saturated rings. The molecule has 2 rings (SSSR count). The fourth-order valence-electron chi connectivity index (χ4n) is 1.74. The van der Waals surface area contributed by atoms with Crippen LogP contribution in [0.15, 0.2) is 28.5 Å². The zero-order valence-electron chi connectivity index (χ0n) is 11.2. The van der Waals surface area contributed by atoms with Crippen molar-refractivity contribution in [3.63, 3.8) is 0 Å². The number of hydrogen-bond acceptors (Lipinski definition) is 7. The maximum Gasteiger partial charge on any atom is 0.343 e. The highest BCUT2D eigenvalue weighted by atomic mass is 32.2. The van der Waals surface area contributed by atoms with E-state index in [-0.39, 0.29) is 16.5 Å². The minimum atomic E-state index is -0.489. The number of nitrogens with zero attached hydrogens (tertiary/aromatic N) is 4. The zero-order valence-corrected chi connectivity index (χ0v) is 12.1. The van der Waals surface area contributed by atoms with Crippen LogP contribution in [0, 0.1) is 24.0 Å². The van der Waals surface area contributed by atoms with Gasteiger partial charge in [-0.05, 0) is 43.3 Å². The molecular formula is C12H13N5O2S. The molecule has 2 aromatic rings. The van der Waals surface area contributed by atoms with Crippen LogP contribution >= 0.6 is 11.8 Å². The van der Waals surface area contributed by atoms with E-state index >= 15 is 0 Å². The van der Waals surface area contributed by atoms with Gasteiger partial charge in [0.1, 0.15) is 11.4 Å². The zero-order chi connectivity index (χ0) is 14.7. The van der Waals surface area contributed by atoms with Crippen LogP contribution in [0.3, 0.4) is 0 Å². The van der Waals surface area contributed by atoms with E-state index in [1.165, 1.54) is 6.33 Å². The average molecular weight is 291 g/mol. The molecule has 1 N–H and O–H groups in total. The maximum atomic E-state index is 11.2. The molecule has 0 unspecified atom stereocenters. The molecule has 0 aliphatic heterocycles. The van der Waals surface area contributed by atoms with Crippen molar-refractivity contribution in [1.82, 2.24) is 15.0 Å². The lowest BCUT2D eigenvalue weighted by Gasteiger charge is -2.06. The van der Waals surface area contributed by atoms with Crippen molar-refractivity contribution in [2.24, 2.45) is 0 Å². The van der Waals surface area contributed by atoms with E-state index in [2.05, 4.69) is 20.3 Å². The van der Waals surface area contributed by atoms with E-state index in [0.29, 0.717) is 5.03 Å². The molecule has 0 saturated heterocycles. The first-order valence-corrected chi connectivity index (χ1v) is 6.63. The van der Waals surface area contributed by atoms with Crippen molar-refractivity contribution in [3.8, 4) is 0 Å². The molecule has 0 saturated carbocycles. The maximum absolute atomic E-state index is 11.2. The molecule has 0 aliphatic rings. The molecule has 0 spiro atoms. The highest BCUT2D eigenvalue weighted by molar-refractivity contribution is 7.99. The summed E-state index contributed by atoms with van der Waals surface area (Å²) < 4.78 is 0. The van der Waals surface area contributed by atoms with Gasteiger partial charge in [-0.1, -0.05) is 0 Å². The summed E-state index contributed by atoms with van der Waals surface area (Å²) in [5.41, 5.74) is 1.77. The first kappa shape index (κ1) is 14.2. The summed E-state index contributed by atoms with van der Waals surface area (Å²) in [6.45, 7) is 3.83. The molecule has 2 aromatic heterocycles. The van der Waals surface area contributed by atoms with Crippen LogP contribution in [0.2, 0.25) is 0 Å². The van der Waals surface area contributed by atoms with Gasteiger partial charge in [0.15, 0.2) is 5.03 Å². The van der Waals surface area contributed by atoms with Crippen molar-refractivity contribution in [2.75, 3.05) is 12.4 Å². The van der Waals surface area contributed by atoms with Gasteiger partial charge in [-0.3, -0.25) is 10.1 Å². The van der Waals surface area contributed by atoms with Crippen LogP contribution in [0.25, 0.3) is 0 Å². The van der Waals surface area contributed by atoms with E-state index in [9.17, 15) is 10.1 Å². The SMILES string of the molecule is CNc1ncnc(Sc2cc(C)cc(C)n2)c1[N+](=O)[O-]. The molecule has 0 amide bonds. The summed E-state index contributed by atoms with van der Waals surface area (Å²) in [4.78, 5) is 22.9. The number of pyridine rings is 1. The van der Waals surface area contributed by atoms with Crippen LogP contribution in [-0.2, 0) is 0 Å². The van der Waals surface area contributed by atoms with Crippen LogP contribution in [0.5, 0.6) is 0 Å². The first-order valence-electron chi connectivity index (χ1n) is 5.81. The van der Waals surface area contributed by atoms with Gasteiger partial charge in [0.25, 0.3) is 0 Å². The Morgan fingerprint density at radius 1 is 1.30 bits per heavy atom. The number of aryl methyl sites for hydroxylation is 2. The summed E-state index contributed by atoms with van der Waals surface area (Å²) in [7, 11) is 1.58. The molecule has 2 heterocycles. The van der Waals surface area contributed by atoms with Crippen LogP contribution in [0.1, 0.15) is 11.3 Å². The van der Waals surface area contributed by atoms with Gasteiger partial charge < -0.3 is 5.32 Å². The third-order valence-corrected chi connectivity index (χ3v) is 3.39. The second-order valence-electron chi connectivity index (χ2n) is 4.11. The van der Waals surface area contributed by atoms with Crippen LogP contribution < -0.4 is 5.32 Å². The Labute approximate surface area is 120 Å². The van der Waals surface area contributed by atoms with Gasteiger partial charge in [-0.15, -0.1) is 0 Å². The van der Waals surface area contributed by atoms with Crippen molar-refractivity contribution in [2.45, 2.75) is 23.9 Å². The number of aromatic nitrogens is 3. The summed E-state index contributed by atoms with van der Waals surface area (Å²) >= 11 is 1.16.